The topological polar surface area (TPSA) is 121 Å². The van der Waals surface area contributed by atoms with Crippen LogP contribution < -0.4 is 26.0 Å². The molecule has 0 aliphatic carbocycles. The van der Waals surface area contributed by atoms with Crippen LogP contribution in [-0.4, -0.2) is 73.3 Å². The Hall–Kier alpha value is -4.35. The van der Waals surface area contributed by atoms with Crippen molar-refractivity contribution in [3.63, 3.8) is 0 Å². The molecule has 0 atom stereocenters. The van der Waals surface area contributed by atoms with Crippen LogP contribution in [0.1, 0.15) is 23.2 Å². The Bertz CT molecular complexity index is 1540. The summed E-state index contributed by atoms with van der Waals surface area (Å²) in [6.45, 7) is 5.74. The number of nitrogens with zero attached hydrogens (tertiary/aromatic N) is 3. The van der Waals surface area contributed by atoms with Crippen molar-refractivity contribution < 1.29 is 18.7 Å². The maximum atomic E-state index is 13.7. The van der Waals surface area contributed by atoms with Crippen molar-refractivity contribution in [2.45, 2.75) is 18.9 Å². The first-order valence-electron chi connectivity index (χ1n) is 13.8. The number of halogens is 1. The number of methoxy groups -OCH3 is 1. The van der Waals surface area contributed by atoms with Crippen LogP contribution in [-0.2, 0) is 4.74 Å². The number of aromatic amines is 1. The van der Waals surface area contributed by atoms with Gasteiger partial charge in [-0.25, -0.2) is 4.39 Å². The number of piperidine rings is 1. The minimum Gasteiger partial charge on any atom is -0.494 e. The summed E-state index contributed by atoms with van der Waals surface area (Å²) in [5, 5.41) is 7.43. The van der Waals surface area contributed by atoms with Crippen LogP contribution in [0.5, 0.6) is 5.75 Å². The van der Waals surface area contributed by atoms with Crippen LogP contribution in [0.15, 0.2) is 54.9 Å². The molecule has 1 amide bonds. The molecule has 0 radical (unpaired) electrons. The Morgan fingerprint density at radius 3 is 2.56 bits per heavy atom. The summed E-state index contributed by atoms with van der Waals surface area (Å²) in [6, 6.07) is 12.7. The van der Waals surface area contributed by atoms with Gasteiger partial charge in [0.2, 0.25) is 0 Å². The molecule has 6 rings (SSSR count). The number of ether oxygens (including phenoxy) is 2. The molecule has 2 aliphatic rings. The molecule has 4 heterocycles. The molecule has 2 aromatic heterocycles. The van der Waals surface area contributed by atoms with Crippen molar-refractivity contribution in [1.29, 1.82) is 0 Å². The number of hydrogen-bond donors (Lipinski definition) is 4. The molecule has 2 aliphatic heterocycles. The van der Waals surface area contributed by atoms with E-state index < -0.39 is 11.7 Å². The van der Waals surface area contributed by atoms with E-state index in [-0.39, 0.29) is 5.56 Å². The second-order valence-corrected chi connectivity index (χ2v) is 10.4. The predicted molar refractivity (Wildman–Crippen MR) is 158 cm³/mol. The van der Waals surface area contributed by atoms with Gasteiger partial charge < -0.3 is 35.7 Å². The lowest BCUT2D eigenvalue weighted by Crippen LogP contribution is -2.49. The van der Waals surface area contributed by atoms with Gasteiger partial charge in [-0.05, 0) is 49.2 Å². The summed E-state index contributed by atoms with van der Waals surface area (Å²) in [5.74, 6) is 0.222. The highest BCUT2D eigenvalue weighted by atomic mass is 19.1. The SMILES string of the molecule is COc1cc(N2CCC(N3CCOCC3)CC2)ccc1Nc1cc2c(Nc3ccc(F)cc3C(N)=O)cncc2[nH]1. The first-order valence-corrected chi connectivity index (χ1v) is 13.8. The van der Waals surface area contributed by atoms with Crippen molar-refractivity contribution in [2.24, 2.45) is 5.73 Å². The van der Waals surface area contributed by atoms with E-state index in [9.17, 15) is 9.18 Å². The quantitative estimate of drug-likeness (QED) is 0.247. The summed E-state index contributed by atoms with van der Waals surface area (Å²) < 4.78 is 25.0. The molecule has 11 heteroatoms. The minimum absolute atomic E-state index is 0.0611. The van der Waals surface area contributed by atoms with E-state index in [2.05, 4.69) is 42.5 Å². The molecule has 41 heavy (non-hydrogen) atoms. The van der Waals surface area contributed by atoms with E-state index in [1.807, 2.05) is 12.1 Å². The van der Waals surface area contributed by atoms with Gasteiger partial charge in [-0.3, -0.25) is 14.7 Å². The molecule has 2 fully saturated rings. The number of anilines is 5. The highest BCUT2D eigenvalue weighted by Crippen LogP contribution is 2.35. The summed E-state index contributed by atoms with van der Waals surface area (Å²) in [5.41, 5.74) is 9.31. The van der Waals surface area contributed by atoms with Gasteiger partial charge in [-0.2, -0.15) is 0 Å². The van der Waals surface area contributed by atoms with Crippen LogP contribution in [0.3, 0.4) is 0 Å². The number of pyridine rings is 1. The van der Waals surface area contributed by atoms with Crippen molar-refractivity contribution in [1.82, 2.24) is 14.9 Å². The maximum absolute atomic E-state index is 13.7. The van der Waals surface area contributed by atoms with E-state index >= 15 is 0 Å². The summed E-state index contributed by atoms with van der Waals surface area (Å²) in [6.07, 6.45) is 5.64. The Morgan fingerprint density at radius 2 is 1.80 bits per heavy atom. The smallest absolute Gasteiger partial charge is 0.250 e. The van der Waals surface area contributed by atoms with Gasteiger partial charge in [0.1, 0.15) is 17.4 Å². The largest absolute Gasteiger partial charge is 0.494 e. The molecular weight excluding hydrogens is 525 g/mol. The van der Waals surface area contributed by atoms with E-state index in [1.54, 1.807) is 19.5 Å². The highest BCUT2D eigenvalue weighted by molar-refractivity contribution is 6.02. The standard InChI is InChI=1S/C30H34FN7O3/c1-40-28-15-21(37-8-6-20(7-9-37)38-10-12-41-13-11-38)3-5-25(28)35-29-16-22-26(17-33-18-27(22)36-29)34-24-4-2-19(31)14-23(24)30(32)39/h2-5,14-18,20,34-36H,6-13H2,1H3,(H2,32,39). The van der Waals surface area contributed by atoms with E-state index in [0.29, 0.717) is 17.4 Å². The Kier molecular flexibility index (Phi) is 7.62. The zero-order valence-corrected chi connectivity index (χ0v) is 23.0. The molecule has 214 valence electrons. The predicted octanol–water partition coefficient (Wildman–Crippen LogP) is 4.60. The Labute approximate surface area is 237 Å². The second-order valence-electron chi connectivity index (χ2n) is 10.4. The number of fused-ring (bicyclic) bond motifs is 1. The first kappa shape index (κ1) is 26.9. The zero-order valence-electron chi connectivity index (χ0n) is 23.0. The highest BCUT2D eigenvalue weighted by Gasteiger charge is 2.26. The van der Waals surface area contributed by atoms with Gasteiger partial charge in [-0.15, -0.1) is 0 Å². The van der Waals surface area contributed by atoms with Crippen molar-refractivity contribution >= 4 is 45.4 Å². The van der Waals surface area contributed by atoms with Gasteiger partial charge in [-0.1, -0.05) is 0 Å². The third-order valence-electron chi connectivity index (χ3n) is 7.91. The lowest BCUT2D eigenvalue weighted by molar-refractivity contribution is 0.0115. The van der Waals surface area contributed by atoms with Crippen LogP contribution in [0, 0.1) is 5.82 Å². The third-order valence-corrected chi connectivity index (χ3v) is 7.91. The molecule has 2 aromatic carbocycles. The molecule has 0 unspecified atom stereocenters. The molecule has 2 saturated heterocycles. The number of primary amides is 1. The average molecular weight is 560 g/mol. The van der Waals surface area contributed by atoms with E-state index in [1.165, 1.54) is 12.1 Å². The van der Waals surface area contributed by atoms with E-state index in [4.69, 9.17) is 15.2 Å². The normalized spacial score (nSPS) is 16.6. The summed E-state index contributed by atoms with van der Waals surface area (Å²) >= 11 is 0. The minimum atomic E-state index is -0.722. The van der Waals surface area contributed by atoms with Gasteiger partial charge in [0.05, 0.1) is 60.9 Å². The number of nitrogens with two attached hydrogens (primary N) is 1. The van der Waals surface area contributed by atoms with Gasteiger partial charge in [0.25, 0.3) is 5.91 Å². The summed E-state index contributed by atoms with van der Waals surface area (Å²) in [4.78, 5) is 24.5. The third kappa shape index (κ3) is 5.77. The van der Waals surface area contributed by atoms with Crippen molar-refractivity contribution in [2.75, 3.05) is 62.0 Å². The molecule has 5 N–H and O–H groups in total. The number of carbonyl (C=O) groups excluding carboxylic acids is 1. The van der Waals surface area contributed by atoms with Gasteiger partial charge in [0.15, 0.2) is 0 Å². The lowest BCUT2D eigenvalue weighted by atomic mass is 10.0. The van der Waals surface area contributed by atoms with E-state index in [0.717, 1.165) is 92.1 Å². The number of benzene rings is 2. The molecular formula is C30H34FN7O3. The second kappa shape index (κ2) is 11.6. The maximum Gasteiger partial charge on any atom is 0.250 e. The molecule has 0 bridgehead atoms. The number of H-pyrrole nitrogens is 1. The fourth-order valence-corrected chi connectivity index (χ4v) is 5.75. The number of nitrogens with one attached hydrogen (secondary N) is 3. The van der Waals surface area contributed by atoms with Crippen LogP contribution in [0.25, 0.3) is 10.9 Å². The Morgan fingerprint density at radius 1 is 1.02 bits per heavy atom. The number of morpholine rings is 1. The number of hydrogen-bond acceptors (Lipinski definition) is 8. The van der Waals surface area contributed by atoms with Crippen LogP contribution in [0.2, 0.25) is 0 Å². The lowest BCUT2D eigenvalue weighted by Gasteiger charge is -2.40. The number of rotatable bonds is 8. The van der Waals surface area contributed by atoms with Crippen LogP contribution in [0.4, 0.5) is 33.0 Å². The van der Waals surface area contributed by atoms with Gasteiger partial charge in [0, 0.05) is 49.4 Å². The fraction of sp³-hybridized carbons (Fsp3) is 0.333. The summed E-state index contributed by atoms with van der Waals surface area (Å²) in [7, 11) is 1.67. The molecule has 0 saturated carbocycles. The zero-order chi connectivity index (χ0) is 28.3. The van der Waals surface area contributed by atoms with Crippen LogP contribution >= 0.6 is 0 Å². The molecule has 0 spiro atoms. The Balaban J connectivity index is 1.18. The fourth-order valence-electron chi connectivity index (χ4n) is 5.75. The molecule has 4 aromatic rings. The number of carbonyl (C=O) groups is 1. The van der Waals surface area contributed by atoms with Crippen molar-refractivity contribution in [3.05, 3.63) is 66.2 Å². The number of aromatic nitrogens is 2. The van der Waals surface area contributed by atoms with Crippen molar-refractivity contribution in [3.8, 4) is 5.75 Å². The number of amides is 1. The first-order chi connectivity index (χ1) is 20.0. The average Bonchev–Trinajstić information content (AvgIpc) is 3.42. The monoisotopic (exact) mass is 559 g/mol. The molecule has 10 nitrogen and oxygen atoms in total. The van der Waals surface area contributed by atoms with Gasteiger partial charge >= 0.3 is 0 Å².